The van der Waals surface area contributed by atoms with Crippen LogP contribution in [-0.2, 0) is 21.4 Å². The third-order valence-corrected chi connectivity index (χ3v) is 8.20. The molecule has 39 heavy (non-hydrogen) atoms. The first-order valence-corrected chi connectivity index (χ1v) is 14.6. The minimum Gasteiger partial charge on any atom is -0.428 e. The first-order valence-electron chi connectivity index (χ1n) is 12.3. The minimum atomic E-state index is -3.92. The number of amides is 1. The quantitative estimate of drug-likeness (QED) is 0.147. The second-order valence-corrected chi connectivity index (χ2v) is 11.6. The number of carbonyl (C=O) groups excluding carboxylic acids is 2. The Morgan fingerprint density at radius 2 is 1.67 bits per heavy atom. The number of aromatic nitrogens is 2. The number of oxazole rings is 1. The first-order chi connectivity index (χ1) is 18.7. The van der Waals surface area contributed by atoms with E-state index >= 15 is 0 Å². The van der Waals surface area contributed by atoms with Gasteiger partial charge >= 0.3 is 6.01 Å². The van der Waals surface area contributed by atoms with Crippen LogP contribution >= 0.6 is 11.8 Å². The summed E-state index contributed by atoms with van der Waals surface area (Å²) in [6.07, 6.45) is 6.02. The number of sulfonamides is 1. The fourth-order valence-electron chi connectivity index (χ4n) is 3.67. The number of nitrogens with zero attached hydrogens (tertiary/aromatic N) is 2. The molecule has 0 atom stereocenters. The Kier molecular flexibility index (Phi) is 9.15. The van der Waals surface area contributed by atoms with Gasteiger partial charge < -0.3 is 9.73 Å². The van der Waals surface area contributed by atoms with Crippen LogP contribution in [0.5, 0.6) is 0 Å². The Bertz CT molecular complexity index is 1530. The van der Waals surface area contributed by atoms with Crippen molar-refractivity contribution in [1.29, 1.82) is 0 Å². The highest BCUT2D eigenvalue weighted by molar-refractivity contribution is 8.13. The molecule has 0 unspecified atom stereocenters. The normalized spacial score (nSPS) is 11.2. The van der Waals surface area contributed by atoms with Crippen LogP contribution in [0.4, 0.5) is 11.7 Å². The smallest absolute Gasteiger partial charge is 0.309 e. The molecule has 0 aliphatic heterocycles. The lowest BCUT2D eigenvalue weighted by atomic mass is 10.2. The van der Waals surface area contributed by atoms with Crippen molar-refractivity contribution >= 4 is 44.5 Å². The van der Waals surface area contributed by atoms with E-state index in [1.807, 2.05) is 30.6 Å². The number of aryl methyl sites for hydroxylation is 3. The monoisotopic (exact) mass is 565 g/mol. The molecular formula is C28H29N4O5S2+. The maximum Gasteiger partial charge on any atom is 0.309 e. The molecule has 0 saturated carbocycles. The van der Waals surface area contributed by atoms with Crippen molar-refractivity contribution in [1.82, 2.24) is 4.98 Å². The molecule has 0 radical (unpaired) electrons. The number of hydrogen-bond donors (Lipinski definition) is 2. The largest absolute Gasteiger partial charge is 0.428 e. The Morgan fingerprint density at radius 3 is 2.36 bits per heavy atom. The summed E-state index contributed by atoms with van der Waals surface area (Å²) < 4.78 is 35.0. The third-order valence-electron chi connectivity index (χ3n) is 5.85. The number of anilines is 2. The van der Waals surface area contributed by atoms with E-state index < -0.39 is 15.9 Å². The highest BCUT2D eigenvalue weighted by Crippen LogP contribution is 2.26. The summed E-state index contributed by atoms with van der Waals surface area (Å²) in [7, 11) is -3.92. The molecular weight excluding hydrogens is 536 g/mol. The Labute approximate surface area is 231 Å². The fraction of sp³-hybridized carbons (Fsp3) is 0.214. The van der Waals surface area contributed by atoms with Crippen LogP contribution < -0.4 is 14.6 Å². The standard InChI is InChI=1S/C28H28N4O5S2/c1-20-21(2)37-28(29-20)31-39(35,36)23-15-13-22(14-16-23)30-27(34)24-10-4-5-11-25(24)38-26(33)12-6-9-19-32-17-7-3-8-18-32/h3-5,7-8,10-11,13-18H,6,9,12,19H2,1-2H3,(H-,29,30,31,34)/p+1. The van der Waals surface area contributed by atoms with Gasteiger partial charge in [0.15, 0.2) is 17.5 Å². The Balaban J connectivity index is 1.33. The number of thioether (sulfide) groups is 1. The maximum atomic E-state index is 13.0. The van der Waals surface area contributed by atoms with Gasteiger partial charge in [-0.2, -0.15) is 4.98 Å². The van der Waals surface area contributed by atoms with Gasteiger partial charge in [0.1, 0.15) is 12.3 Å². The van der Waals surface area contributed by atoms with Crippen LogP contribution in [0.1, 0.15) is 41.1 Å². The summed E-state index contributed by atoms with van der Waals surface area (Å²) in [6, 6.07) is 18.4. The molecule has 9 nitrogen and oxygen atoms in total. The number of unbranched alkanes of at least 4 members (excludes halogenated alkanes) is 1. The zero-order chi connectivity index (χ0) is 27.8. The first kappa shape index (κ1) is 28.1. The van der Waals surface area contributed by atoms with E-state index in [9.17, 15) is 18.0 Å². The molecule has 202 valence electrons. The van der Waals surface area contributed by atoms with Gasteiger partial charge in [-0.3, -0.25) is 9.59 Å². The van der Waals surface area contributed by atoms with E-state index in [-0.39, 0.29) is 16.0 Å². The molecule has 4 aromatic rings. The van der Waals surface area contributed by atoms with Gasteiger partial charge in [0, 0.05) is 35.6 Å². The molecule has 0 bridgehead atoms. The second-order valence-electron chi connectivity index (χ2n) is 8.79. The Morgan fingerprint density at radius 1 is 0.949 bits per heavy atom. The molecule has 0 fully saturated rings. The highest BCUT2D eigenvalue weighted by Gasteiger charge is 2.19. The lowest BCUT2D eigenvalue weighted by molar-refractivity contribution is -0.697. The van der Waals surface area contributed by atoms with Crippen LogP contribution in [0.3, 0.4) is 0 Å². The summed E-state index contributed by atoms with van der Waals surface area (Å²) in [4.78, 5) is 30.2. The molecule has 11 heteroatoms. The second kappa shape index (κ2) is 12.7. The summed E-state index contributed by atoms with van der Waals surface area (Å²) in [5.74, 6) is 0.124. The van der Waals surface area contributed by atoms with Gasteiger partial charge in [-0.15, -0.1) is 0 Å². The summed E-state index contributed by atoms with van der Waals surface area (Å²) in [6.45, 7) is 4.25. The van der Waals surface area contributed by atoms with Crippen molar-refractivity contribution < 1.29 is 27.0 Å². The number of benzene rings is 2. The van der Waals surface area contributed by atoms with Crippen LogP contribution in [0.15, 0.2) is 93.3 Å². The fourth-order valence-corrected chi connectivity index (χ4v) is 5.51. The molecule has 2 aromatic carbocycles. The zero-order valence-corrected chi connectivity index (χ0v) is 23.2. The maximum absolute atomic E-state index is 13.0. The summed E-state index contributed by atoms with van der Waals surface area (Å²) in [5, 5.41) is 2.76. The Hall–Kier alpha value is -3.96. The molecule has 2 N–H and O–H groups in total. The molecule has 0 aliphatic rings. The lowest BCUT2D eigenvalue weighted by Gasteiger charge is -2.10. The average molecular weight is 566 g/mol. The van der Waals surface area contributed by atoms with E-state index in [0.717, 1.165) is 31.1 Å². The SMILES string of the molecule is Cc1nc(NS(=O)(=O)c2ccc(NC(=O)c3ccccc3SC(=O)CCCC[n+]3ccccc3)cc2)oc1C. The van der Waals surface area contributed by atoms with Gasteiger partial charge in [0.05, 0.1) is 16.2 Å². The van der Waals surface area contributed by atoms with Crippen LogP contribution in [0.2, 0.25) is 0 Å². The molecule has 4 rings (SSSR count). The number of pyridine rings is 1. The van der Waals surface area contributed by atoms with Gasteiger partial charge in [-0.1, -0.05) is 30.0 Å². The number of nitrogens with one attached hydrogen (secondary N) is 2. The van der Waals surface area contributed by atoms with Gasteiger partial charge in [-0.05, 0) is 56.7 Å². The predicted octanol–water partition coefficient (Wildman–Crippen LogP) is 5.12. The van der Waals surface area contributed by atoms with Crippen molar-refractivity contribution in [3.05, 3.63) is 96.1 Å². The van der Waals surface area contributed by atoms with E-state index in [4.69, 9.17) is 4.42 Å². The van der Waals surface area contributed by atoms with Crippen molar-refractivity contribution in [2.45, 2.75) is 49.4 Å². The van der Waals surface area contributed by atoms with Crippen molar-refractivity contribution in [2.24, 2.45) is 0 Å². The van der Waals surface area contributed by atoms with Crippen LogP contribution in [0.25, 0.3) is 0 Å². The predicted molar refractivity (Wildman–Crippen MR) is 149 cm³/mol. The topological polar surface area (TPSA) is 122 Å². The van der Waals surface area contributed by atoms with Crippen LogP contribution in [-0.4, -0.2) is 24.4 Å². The van der Waals surface area contributed by atoms with E-state index in [1.54, 1.807) is 38.1 Å². The lowest BCUT2D eigenvalue weighted by Crippen LogP contribution is -2.32. The van der Waals surface area contributed by atoms with Gasteiger partial charge in [-0.25, -0.2) is 17.7 Å². The van der Waals surface area contributed by atoms with Gasteiger partial charge in [0.2, 0.25) is 0 Å². The van der Waals surface area contributed by atoms with E-state index in [0.29, 0.717) is 34.0 Å². The zero-order valence-electron chi connectivity index (χ0n) is 21.6. The number of carbonyl (C=O) groups is 2. The van der Waals surface area contributed by atoms with E-state index in [1.165, 1.54) is 24.3 Å². The number of hydrogen-bond acceptors (Lipinski definition) is 7. The molecule has 1 amide bonds. The average Bonchev–Trinajstić information content (AvgIpc) is 3.23. The van der Waals surface area contributed by atoms with Crippen molar-refractivity contribution in [3.8, 4) is 0 Å². The minimum absolute atomic E-state index is 0.00759. The molecule has 2 heterocycles. The molecule has 0 aliphatic carbocycles. The summed E-state index contributed by atoms with van der Waals surface area (Å²) in [5.41, 5.74) is 1.36. The van der Waals surface area contributed by atoms with Gasteiger partial charge in [0.25, 0.3) is 15.9 Å². The highest BCUT2D eigenvalue weighted by atomic mass is 32.2. The third kappa shape index (κ3) is 7.78. The van der Waals surface area contributed by atoms with Crippen LogP contribution in [0, 0.1) is 13.8 Å². The molecule has 0 spiro atoms. The van der Waals surface area contributed by atoms with E-state index in [2.05, 4.69) is 19.6 Å². The molecule has 2 aromatic heterocycles. The van der Waals surface area contributed by atoms with Crippen molar-refractivity contribution in [3.63, 3.8) is 0 Å². The van der Waals surface area contributed by atoms with Crippen molar-refractivity contribution in [2.75, 3.05) is 10.0 Å². The molecule has 0 saturated heterocycles. The summed E-state index contributed by atoms with van der Waals surface area (Å²) >= 11 is 1.06. The number of rotatable bonds is 11.